The number of carboxylic acids is 1. The summed E-state index contributed by atoms with van der Waals surface area (Å²) in [5, 5.41) is 8.50. The third kappa shape index (κ3) is 3.48. The van der Waals surface area contributed by atoms with Crippen LogP contribution in [0.3, 0.4) is 0 Å². The van der Waals surface area contributed by atoms with Gasteiger partial charge in [-0.2, -0.15) is 0 Å². The quantitative estimate of drug-likeness (QED) is 0.571. The zero-order valence-corrected chi connectivity index (χ0v) is 7.83. The number of benzene rings is 1. The van der Waals surface area contributed by atoms with E-state index in [-0.39, 0.29) is 6.42 Å². The summed E-state index contributed by atoms with van der Waals surface area (Å²) < 4.78 is 4.63. The van der Waals surface area contributed by atoms with Crippen LogP contribution in [0.1, 0.15) is 11.1 Å². The Morgan fingerprint density at radius 2 is 1.85 bits per heavy atom. The molecule has 0 aliphatic rings. The Balaban J connectivity index is 2.64. The van der Waals surface area contributed by atoms with Crippen LogP contribution in [-0.4, -0.2) is 11.1 Å². The minimum absolute atomic E-state index is 0.0576. The number of hydrogen-bond donors (Lipinski definition) is 2. The van der Waals surface area contributed by atoms with E-state index in [0.29, 0.717) is 6.61 Å². The summed E-state index contributed by atoms with van der Waals surface area (Å²) in [6.45, 7) is 0.427. The molecule has 1 rings (SSSR count). The van der Waals surface area contributed by atoms with Gasteiger partial charge in [0.25, 0.3) is 0 Å². The van der Waals surface area contributed by atoms with Gasteiger partial charge in [-0.3, -0.25) is 4.79 Å². The Morgan fingerprint density at radius 3 is 2.31 bits per heavy atom. The van der Waals surface area contributed by atoms with E-state index < -0.39 is 5.97 Å². The minimum Gasteiger partial charge on any atom is -0.481 e. The van der Waals surface area contributed by atoms with Gasteiger partial charge in [0.2, 0.25) is 0 Å². The first-order valence-corrected chi connectivity index (χ1v) is 4.15. The average Bonchev–Trinajstić information content (AvgIpc) is 2.08. The molecule has 0 spiro atoms. The highest BCUT2D eigenvalue weighted by Gasteiger charge is 1.99. The molecule has 1 aromatic rings. The Labute approximate surface area is 82.0 Å². The molecule has 0 unspecified atom stereocenters. The first-order valence-electron chi connectivity index (χ1n) is 3.78. The molecule has 0 atom stereocenters. The molecular formula is C9H10O3S. The fourth-order valence-corrected chi connectivity index (χ4v) is 1.15. The molecule has 0 saturated heterocycles. The normalized spacial score (nSPS) is 9.92. The van der Waals surface area contributed by atoms with E-state index in [4.69, 9.17) is 5.11 Å². The third-order valence-corrected chi connectivity index (χ3v) is 1.74. The lowest BCUT2D eigenvalue weighted by molar-refractivity contribution is -0.136. The van der Waals surface area contributed by atoms with Gasteiger partial charge in [0.05, 0.1) is 13.0 Å². The van der Waals surface area contributed by atoms with Crippen LogP contribution < -0.4 is 0 Å². The van der Waals surface area contributed by atoms with Crippen molar-refractivity contribution >= 4 is 18.9 Å². The van der Waals surface area contributed by atoms with Crippen molar-refractivity contribution < 1.29 is 14.1 Å². The summed E-state index contributed by atoms with van der Waals surface area (Å²) in [5.74, 6) is -0.821. The zero-order valence-electron chi connectivity index (χ0n) is 6.93. The first-order chi connectivity index (χ1) is 6.22. The van der Waals surface area contributed by atoms with E-state index in [1.165, 1.54) is 0 Å². The molecule has 3 nitrogen and oxygen atoms in total. The lowest BCUT2D eigenvalue weighted by Crippen LogP contribution is -1.99. The van der Waals surface area contributed by atoms with Gasteiger partial charge >= 0.3 is 5.97 Å². The maximum absolute atomic E-state index is 10.3. The Hall–Kier alpha value is -1.00. The van der Waals surface area contributed by atoms with Gasteiger partial charge in [0.1, 0.15) is 0 Å². The average molecular weight is 198 g/mol. The lowest BCUT2D eigenvalue weighted by atomic mass is 10.1. The number of carbonyl (C=O) groups is 1. The predicted molar refractivity (Wildman–Crippen MR) is 51.6 cm³/mol. The molecule has 1 N–H and O–H groups in total. The van der Waals surface area contributed by atoms with Crippen molar-refractivity contribution in [2.24, 2.45) is 0 Å². The van der Waals surface area contributed by atoms with Gasteiger partial charge in [-0.05, 0) is 24.0 Å². The van der Waals surface area contributed by atoms with Crippen LogP contribution in [0.2, 0.25) is 0 Å². The summed E-state index contributed by atoms with van der Waals surface area (Å²) in [5.41, 5.74) is 1.76. The van der Waals surface area contributed by atoms with Gasteiger partial charge in [0, 0.05) is 0 Å². The second-order valence-electron chi connectivity index (χ2n) is 2.66. The maximum atomic E-state index is 10.3. The number of hydrogen-bond acceptors (Lipinski definition) is 3. The fourth-order valence-electron chi connectivity index (χ4n) is 1.00. The molecule has 0 heterocycles. The molecule has 70 valence electrons. The molecular weight excluding hydrogens is 188 g/mol. The van der Waals surface area contributed by atoms with Crippen molar-refractivity contribution in [3.63, 3.8) is 0 Å². The smallest absolute Gasteiger partial charge is 0.307 e. The van der Waals surface area contributed by atoms with E-state index in [0.717, 1.165) is 11.1 Å². The monoisotopic (exact) mass is 198 g/mol. The van der Waals surface area contributed by atoms with Crippen molar-refractivity contribution in [3.8, 4) is 0 Å². The highest BCUT2D eigenvalue weighted by molar-refractivity contribution is 7.75. The Kier molecular flexibility index (Phi) is 3.79. The van der Waals surface area contributed by atoms with Gasteiger partial charge < -0.3 is 9.29 Å². The second-order valence-corrected chi connectivity index (χ2v) is 2.92. The number of rotatable bonds is 4. The third-order valence-electron chi connectivity index (χ3n) is 1.61. The number of carboxylic acid groups (broad SMARTS) is 1. The van der Waals surface area contributed by atoms with E-state index in [9.17, 15) is 4.79 Å². The largest absolute Gasteiger partial charge is 0.481 e. The van der Waals surface area contributed by atoms with Crippen molar-refractivity contribution in [2.45, 2.75) is 13.0 Å². The van der Waals surface area contributed by atoms with Crippen molar-refractivity contribution in [1.82, 2.24) is 0 Å². The molecule has 0 saturated carbocycles. The van der Waals surface area contributed by atoms with Crippen LogP contribution in [0.15, 0.2) is 24.3 Å². The number of thiol groups is 1. The standard InChI is InChI=1S/C9H10O3S/c10-9(11)5-7-1-3-8(4-2-7)6-12-13/h1-4,13H,5-6H2,(H,10,11). The van der Waals surface area contributed by atoms with Crippen LogP contribution in [0.4, 0.5) is 0 Å². The molecule has 0 amide bonds. The van der Waals surface area contributed by atoms with Crippen molar-refractivity contribution in [3.05, 3.63) is 35.4 Å². The molecule has 0 aliphatic heterocycles. The molecule has 0 aromatic heterocycles. The van der Waals surface area contributed by atoms with Crippen LogP contribution >= 0.6 is 12.9 Å². The lowest BCUT2D eigenvalue weighted by Gasteiger charge is -2.00. The molecule has 0 aliphatic carbocycles. The highest BCUT2D eigenvalue weighted by atomic mass is 32.1. The van der Waals surface area contributed by atoms with E-state index in [2.05, 4.69) is 17.1 Å². The minimum atomic E-state index is -0.821. The second kappa shape index (κ2) is 4.89. The first kappa shape index (κ1) is 10.1. The van der Waals surface area contributed by atoms with Crippen molar-refractivity contribution in [2.75, 3.05) is 0 Å². The van der Waals surface area contributed by atoms with Crippen LogP contribution in [-0.2, 0) is 22.0 Å². The van der Waals surface area contributed by atoms with Crippen LogP contribution in [0.5, 0.6) is 0 Å². The molecule has 4 heteroatoms. The molecule has 0 bridgehead atoms. The van der Waals surface area contributed by atoms with E-state index in [1.54, 1.807) is 12.1 Å². The SMILES string of the molecule is O=C(O)Cc1ccc(COS)cc1. The van der Waals surface area contributed by atoms with Gasteiger partial charge in [-0.25, -0.2) is 0 Å². The van der Waals surface area contributed by atoms with E-state index >= 15 is 0 Å². The summed E-state index contributed by atoms with van der Waals surface area (Å²) in [4.78, 5) is 10.3. The topological polar surface area (TPSA) is 46.5 Å². The molecule has 13 heavy (non-hydrogen) atoms. The summed E-state index contributed by atoms with van der Waals surface area (Å²) in [7, 11) is 0. The Bertz CT molecular complexity index is 281. The predicted octanol–water partition coefficient (Wildman–Crippen LogP) is 1.68. The highest BCUT2D eigenvalue weighted by Crippen LogP contribution is 2.06. The van der Waals surface area contributed by atoms with Crippen LogP contribution in [0, 0.1) is 0 Å². The summed E-state index contributed by atoms with van der Waals surface area (Å²) >= 11 is 3.62. The van der Waals surface area contributed by atoms with Gasteiger partial charge in [-0.15, -0.1) is 0 Å². The molecule has 0 fully saturated rings. The zero-order chi connectivity index (χ0) is 9.68. The van der Waals surface area contributed by atoms with Crippen LogP contribution in [0.25, 0.3) is 0 Å². The maximum Gasteiger partial charge on any atom is 0.307 e. The Morgan fingerprint density at radius 1 is 1.31 bits per heavy atom. The summed E-state index contributed by atoms with van der Waals surface area (Å²) in [6, 6.07) is 7.20. The summed E-state index contributed by atoms with van der Waals surface area (Å²) in [6.07, 6.45) is 0.0576. The molecule has 1 aromatic carbocycles. The van der Waals surface area contributed by atoms with Gasteiger partial charge in [-0.1, -0.05) is 24.3 Å². The van der Waals surface area contributed by atoms with Gasteiger partial charge in [0.15, 0.2) is 0 Å². The van der Waals surface area contributed by atoms with Crippen molar-refractivity contribution in [1.29, 1.82) is 0 Å². The number of aliphatic carboxylic acids is 1. The molecule has 0 radical (unpaired) electrons. The fraction of sp³-hybridized carbons (Fsp3) is 0.222. The van der Waals surface area contributed by atoms with E-state index in [1.807, 2.05) is 12.1 Å².